The average Bonchev–Trinajstić information content (AvgIpc) is 2.54. The molecule has 1 aromatic rings. The number of hydrogen-bond acceptors (Lipinski definition) is 2. The molecule has 0 spiro atoms. The van der Waals surface area contributed by atoms with Gasteiger partial charge in [-0.15, -0.1) is 0 Å². The van der Waals surface area contributed by atoms with E-state index in [1.807, 2.05) is 12.1 Å². The van der Waals surface area contributed by atoms with Crippen LogP contribution in [-0.4, -0.2) is 36.7 Å². The molecule has 1 amide bonds. The highest BCUT2D eigenvalue weighted by Gasteiger charge is 2.44. The van der Waals surface area contributed by atoms with Crippen molar-refractivity contribution in [1.29, 1.82) is 0 Å². The smallest absolute Gasteiger partial charge is 0.471 e. The van der Waals surface area contributed by atoms with Gasteiger partial charge in [-0.3, -0.25) is 4.79 Å². The molecule has 0 saturated heterocycles. The van der Waals surface area contributed by atoms with E-state index in [1.165, 1.54) is 7.11 Å². The monoisotopic (exact) mass is 365 g/mol. The average molecular weight is 366 g/mol. The first-order valence-corrected chi connectivity index (χ1v) is 7.26. The Hall–Kier alpha value is -1.24. The Balaban J connectivity index is 2.30. The summed E-state index contributed by atoms with van der Waals surface area (Å²) in [5, 5.41) is 0. The number of carbonyl (C=O) groups is 1. The summed E-state index contributed by atoms with van der Waals surface area (Å²) in [6.07, 6.45) is -4.06. The van der Waals surface area contributed by atoms with Gasteiger partial charge >= 0.3 is 12.1 Å². The Labute approximate surface area is 129 Å². The molecule has 1 heterocycles. The lowest BCUT2D eigenvalue weighted by atomic mass is 10.0. The summed E-state index contributed by atoms with van der Waals surface area (Å²) >= 11 is 3.37. The minimum atomic E-state index is -4.83. The molecular formula is C14H15BrF3NO2. The molecule has 1 aliphatic rings. The first-order valence-electron chi connectivity index (χ1n) is 6.47. The number of alkyl halides is 3. The summed E-state index contributed by atoms with van der Waals surface area (Å²) in [5.74, 6) is -1.13. The van der Waals surface area contributed by atoms with E-state index in [1.54, 1.807) is 6.92 Å². The maximum Gasteiger partial charge on any atom is 0.471 e. The molecule has 1 aromatic carbocycles. The van der Waals surface area contributed by atoms with Crippen molar-refractivity contribution in [2.75, 3.05) is 13.7 Å². The predicted octanol–water partition coefficient (Wildman–Crippen LogP) is 3.34. The highest BCUT2D eigenvalue weighted by atomic mass is 79.9. The number of carbonyl (C=O) groups excluding carboxylic acids is 1. The van der Waals surface area contributed by atoms with E-state index in [2.05, 4.69) is 15.9 Å². The lowest BCUT2D eigenvalue weighted by Crippen LogP contribution is -2.46. The van der Waals surface area contributed by atoms with Gasteiger partial charge in [0.2, 0.25) is 0 Å². The molecule has 0 bridgehead atoms. The third-order valence-electron chi connectivity index (χ3n) is 3.65. The number of amides is 1. The van der Waals surface area contributed by atoms with Gasteiger partial charge < -0.3 is 9.64 Å². The Bertz CT molecular complexity index is 560. The van der Waals surface area contributed by atoms with Gasteiger partial charge in [-0.05, 0) is 59.0 Å². The summed E-state index contributed by atoms with van der Waals surface area (Å²) < 4.78 is 43.9. The minimum absolute atomic E-state index is 0.0529. The molecule has 1 aliphatic heterocycles. The van der Waals surface area contributed by atoms with Gasteiger partial charge in [-0.2, -0.15) is 13.2 Å². The normalized spacial score (nSPS) is 19.0. The van der Waals surface area contributed by atoms with Crippen molar-refractivity contribution in [3.8, 4) is 5.75 Å². The van der Waals surface area contributed by atoms with Gasteiger partial charge in [0.05, 0.1) is 11.6 Å². The van der Waals surface area contributed by atoms with E-state index < -0.39 is 18.1 Å². The molecule has 21 heavy (non-hydrogen) atoms. The van der Waals surface area contributed by atoms with Gasteiger partial charge in [0.1, 0.15) is 5.75 Å². The summed E-state index contributed by atoms with van der Waals surface area (Å²) in [5.41, 5.74) is 1.85. The van der Waals surface area contributed by atoms with Crippen molar-refractivity contribution in [2.24, 2.45) is 0 Å². The van der Waals surface area contributed by atoms with Crippen LogP contribution in [0.4, 0.5) is 13.2 Å². The molecule has 0 aromatic heterocycles. The number of benzene rings is 1. The van der Waals surface area contributed by atoms with Crippen LogP contribution < -0.4 is 4.74 Å². The van der Waals surface area contributed by atoms with Gasteiger partial charge in [0.25, 0.3) is 0 Å². The summed E-state index contributed by atoms with van der Waals surface area (Å²) in [4.78, 5) is 12.4. The molecule has 0 radical (unpaired) electrons. The van der Waals surface area contributed by atoms with Gasteiger partial charge in [0.15, 0.2) is 0 Å². The Morgan fingerprint density at radius 1 is 1.38 bits per heavy atom. The molecule has 2 rings (SSSR count). The van der Waals surface area contributed by atoms with Gasteiger partial charge in [-0.25, -0.2) is 0 Å². The van der Waals surface area contributed by atoms with E-state index in [9.17, 15) is 18.0 Å². The fourth-order valence-corrected chi connectivity index (χ4v) is 3.12. The van der Waals surface area contributed by atoms with Gasteiger partial charge in [0, 0.05) is 12.6 Å². The van der Waals surface area contributed by atoms with Crippen molar-refractivity contribution in [1.82, 2.24) is 4.90 Å². The Morgan fingerprint density at radius 3 is 2.62 bits per heavy atom. The van der Waals surface area contributed by atoms with Crippen molar-refractivity contribution in [2.45, 2.75) is 32.0 Å². The molecule has 3 nitrogen and oxygen atoms in total. The van der Waals surface area contributed by atoms with Crippen LogP contribution in [0.3, 0.4) is 0 Å². The van der Waals surface area contributed by atoms with Crippen molar-refractivity contribution in [3.63, 3.8) is 0 Å². The molecule has 0 saturated carbocycles. The number of methoxy groups -OCH3 is 1. The SMILES string of the molecule is COc1cc2c(cc1Br)CC(C)N(C(=O)C(F)(F)F)CC2. The molecule has 116 valence electrons. The quantitative estimate of drug-likeness (QED) is 0.763. The summed E-state index contributed by atoms with van der Waals surface area (Å²) in [6.45, 7) is 1.69. The molecule has 1 atom stereocenters. The highest BCUT2D eigenvalue weighted by Crippen LogP contribution is 2.32. The fourth-order valence-electron chi connectivity index (χ4n) is 2.57. The Kier molecular flexibility index (Phi) is 4.51. The topological polar surface area (TPSA) is 29.5 Å². The van der Waals surface area contributed by atoms with Crippen LogP contribution in [0.1, 0.15) is 18.1 Å². The van der Waals surface area contributed by atoms with E-state index in [-0.39, 0.29) is 6.54 Å². The van der Waals surface area contributed by atoms with E-state index in [4.69, 9.17) is 4.74 Å². The first-order chi connectivity index (χ1) is 9.74. The van der Waals surface area contributed by atoms with Crippen LogP contribution in [0.15, 0.2) is 16.6 Å². The lowest BCUT2D eigenvalue weighted by Gasteiger charge is -2.27. The van der Waals surface area contributed by atoms with Crippen molar-refractivity contribution >= 4 is 21.8 Å². The third-order valence-corrected chi connectivity index (χ3v) is 4.27. The van der Waals surface area contributed by atoms with E-state index in [0.717, 1.165) is 20.5 Å². The zero-order chi connectivity index (χ0) is 15.8. The van der Waals surface area contributed by atoms with Crippen LogP contribution >= 0.6 is 15.9 Å². The fraction of sp³-hybridized carbons (Fsp3) is 0.500. The summed E-state index contributed by atoms with van der Waals surface area (Å²) in [6, 6.07) is 3.17. The van der Waals surface area contributed by atoms with Crippen LogP contribution in [0.2, 0.25) is 0 Å². The second kappa shape index (κ2) is 5.87. The van der Waals surface area contributed by atoms with Crippen LogP contribution in [-0.2, 0) is 17.6 Å². The third kappa shape index (κ3) is 3.33. The number of fused-ring (bicyclic) bond motifs is 1. The molecule has 0 aliphatic carbocycles. The molecule has 0 N–H and O–H groups in total. The van der Waals surface area contributed by atoms with Crippen molar-refractivity contribution < 1.29 is 22.7 Å². The molecule has 0 fully saturated rings. The maximum atomic E-state index is 12.6. The van der Waals surface area contributed by atoms with Crippen molar-refractivity contribution in [3.05, 3.63) is 27.7 Å². The van der Waals surface area contributed by atoms with E-state index in [0.29, 0.717) is 18.6 Å². The maximum absolute atomic E-state index is 12.6. The van der Waals surface area contributed by atoms with Gasteiger partial charge in [-0.1, -0.05) is 0 Å². The van der Waals surface area contributed by atoms with E-state index >= 15 is 0 Å². The highest BCUT2D eigenvalue weighted by molar-refractivity contribution is 9.10. The first kappa shape index (κ1) is 16.1. The van der Waals surface area contributed by atoms with Crippen LogP contribution in [0.5, 0.6) is 5.75 Å². The summed E-state index contributed by atoms with van der Waals surface area (Å²) in [7, 11) is 1.53. The standard InChI is InChI=1S/C14H15BrF3NO2/c1-8-5-10-6-11(15)12(21-2)7-9(10)3-4-19(8)13(20)14(16,17)18/h6-8H,3-5H2,1-2H3. The molecule has 1 unspecified atom stereocenters. The molecule has 7 heteroatoms. The van der Waals surface area contributed by atoms with Crippen LogP contribution in [0, 0.1) is 0 Å². The minimum Gasteiger partial charge on any atom is -0.496 e. The number of halogens is 4. The number of rotatable bonds is 1. The Morgan fingerprint density at radius 2 is 2.05 bits per heavy atom. The zero-order valence-corrected chi connectivity index (χ0v) is 13.2. The predicted molar refractivity (Wildman–Crippen MR) is 75.3 cm³/mol. The number of nitrogens with zero attached hydrogens (tertiary/aromatic N) is 1. The second-order valence-corrected chi connectivity index (χ2v) is 5.91. The zero-order valence-electron chi connectivity index (χ0n) is 11.6. The second-order valence-electron chi connectivity index (χ2n) is 5.05. The number of hydrogen-bond donors (Lipinski definition) is 0. The van der Waals surface area contributed by atoms with Crippen LogP contribution in [0.25, 0.3) is 0 Å². The number of ether oxygens (including phenoxy) is 1. The molecular weight excluding hydrogens is 351 g/mol. The lowest BCUT2D eigenvalue weighted by molar-refractivity contribution is -0.187. The largest absolute Gasteiger partial charge is 0.496 e.